The van der Waals surface area contributed by atoms with Crippen molar-refractivity contribution >= 4 is 23.0 Å². The Balaban J connectivity index is 2.55. The van der Waals surface area contributed by atoms with Crippen LogP contribution in [0.15, 0.2) is 24.3 Å². The second-order valence-corrected chi connectivity index (χ2v) is 8.58. The summed E-state index contributed by atoms with van der Waals surface area (Å²) in [6.07, 6.45) is 0. The van der Waals surface area contributed by atoms with E-state index in [1.807, 2.05) is 0 Å². The summed E-state index contributed by atoms with van der Waals surface area (Å²) in [5.41, 5.74) is 1.29. The summed E-state index contributed by atoms with van der Waals surface area (Å²) in [4.78, 5) is 0. The van der Waals surface area contributed by atoms with Crippen LogP contribution in [0.5, 0.6) is 0 Å². The van der Waals surface area contributed by atoms with Gasteiger partial charge in [0.2, 0.25) is 9.04 Å². The van der Waals surface area contributed by atoms with E-state index >= 15 is 0 Å². The Kier molecular flexibility index (Phi) is 4.58. The average molecular weight is 222 g/mol. The van der Waals surface area contributed by atoms with Crippen molar-refractivity contribution in [3.63, 3.8) is 0 Å². The zero-order chi connectivity index (χ0) is 10.6. The monoisotopic (exact) mass is 222 g/mol. The van der Waals surface area contributed by atoms with Crippen molar-refractivity contribution in [2.75, 3.05) is 0 Å². The summed E-state index contributed by atoms with van der Waals surface area (Å²) in [5.74, 6) is 0. The second-order valence-electron chi connectivity index (χ2n) is 3.89. The number of benzene rings is 1. The zero-order valence-corrected chi connectivity index (χ0v) is 11.4. The molecule has 0 saturated heterocycles. The molecule has 0 bridgehead atoms. The van der Waals surface area contributed by atoms with Gasteiger partial charge < -0.3 is 4.43 Å². The van der Waals surface area contributed by atoms with E-state index in [1.165, 1.54) is 10.8 Å². The number of hydrogen-bond acceptors (Lipinski definition) is 1. The Labute approximate surface area is 90.4 Å². The molecule has 14 heavy (non-hydrogen) atoms. The third-order valence-electron chi connectivity index (χ3n) is 2.06. The van der Waals surface area contributed by atoms with Crippen molar-refractivity contribution in [2.45, 2.75) is 32.8 Å². The molecule has 0 unspecified atom stereocenters. The molecule has 0 aliphatic rings. The van der Waals surface area contributed by atoms with E-state index in [0.29, 0.717) is 0 Å². The maximum atomic E-state index is 5.64. The Bertz CT molecular complexity index is 267. The Morgan fingerprint density at radius 2 is 1.57 bits per heavy atom. The molecule has 1 nitrogen and oxygen atoms in total. The molecule has 1 rings (SSSR count). The van der Waals surface area contributed by atoms with Gasteiger partial charge in [0.15, 0.2) is 0 Å². The average Bonchev–Trinajstić information content (AvgIpc) is 2.15. The van der Waals surface area contributed by atoms with Crippen LogP contribution in [-0.4, -0.2) is 17.8 Å². The minimum atomic E-state index is -0.552. The molecule has 0 fully saturated rings. The van der Waals surface area contributed by atoms with E-state index in [9.17, 15) is 0 Å². The van der Waals surface area contributed by atoms with Crippen LogP contribution in [0.3, 0.4) is 0 Å². The maximum Gasteiger partial charge on any atom is 0.205 e. The van der Waals surface area contributed by atoms with E-state index in [0.717, 1.165) is 6.61 Å². The Morgan fingerprint density at radius 3 is 2.00 bits per heavy atom. The summed E-state index contributed by atoms with van der Waals surface area (Å²) in [5, 5.41) is 1.50. The second kappa shape index (κ2) is 5.48. The van der Waals surface area contributed by atoms with E-state index in [-0.39, 0.29) is 8.80 Å². The molecule has 1 aromatic rings. The predicted octanol–water partition coefficient (Wildman–Crippen LogP) is 2.42. The molecule has 3 heteroatoms. The molecule has 0 aliphatic carbocycles. The Morgan fingerprint density at radius 1 is 1.00 bits per heavy atom. The van der Waals surface area contributed by atoms with Gasteiger partial charge in [-0.3, -0.25) is 0 Å². The largest absolute Gasteiger partial charge is 0.413 e. The summed E-state index contributed by atoms with van der Waals surface area (Å²) in [7, 11) is -0.846. The lowest BCUT2D eigenvalue weighted by atomic mass is 10.2. The van der Waals surface area contributed by atoms with Gasteiger partial charge in [-0.1, -0.05) is 42.5 Å². The van der Waals surface area contributed by atoms with Crippen LogP contribution in [0.1, 0.15) is 5.56 Å². The first-order valence-corrected chi connectivity index (χ1v) is 9.83. The van der Waals surface area contributed by atoms with Gasteiger partial charge >= 0.3 is 0 Å². The van der Waals surface area contributed by atoms with Gasteiger partial charge in [-0.15, -0.1) is 0 Å². The highest BCUT2D eigenvalue weighted by atomic mass is 28.3. The van der Waals surface area contributed by atoms with Crippen molar-refractivity contribution in [1.82, 2.24) is 0 Å². The normalized spacial score (nSPS) is 11.3. The lowest BCUT2D eigenvalue weighted by molar-refractivity contribution is 0.314. The Hall–Kier alpha value is -0.386. The third-order valence-corrected chi connectivity index (χ3v) is 4.27. The van der Waals surface area contributed by atoms with Crippen LogP contribution in [0.25, 0.3) is 0 Å². The minimum absolute atomic E-state index is 0.294. The van der Waals surface area contributed by atoms with Crippen LogP contribution in [0.4, 0.5) is 0 Å². The lowest BCUT2D eigenvalue weighted by Gasteiger charge is -2.08. The van der Waals surface area contributed by atoms with Gasteiger partial charge in [-0.2, -0.15) is 0 Å². The molecule has 0 N–H and O–H groups in total. The zero-order valence-electron chi connectivity index (χ0n) is 9.42. The topological polar surface area (TPSA) is 9.23 Å². The van der Waals surface area contributed by atoms with Crippen molar-refractivity contribution < 1.29 is 4.43 Å². The molecule has 0 aromatic heterocycles. The molecule has 0 saturated carbocycles. The summed E-state index contributed by atoms with van der Waals surface area (Å²) < 4.78 is 5.64. The van der Waals surface area contributed by atoms with Crippen LogP contribution in [0.2, 0.25) is 26.2 Å². The van der Waals surface area contributed by atoms with Crippen LogP contribution >= 0.6 is 0 Å². The van der Waals surface area contributed by atoms with Crippen molar-refractivity contribution in [3.8, 4) is 0 Å². The molecular weight excluding hydrogens is 204 g/mol. The SMILES string of the molecule is C[Si](C)OCc1ccc([Si](C)C)cc1. The van der Waals surface area contributed by atoms with Gasteiger partial charge in [-0.25, -0.2) is 0 Å². The molecule has 2 radical (unpaired) electrons. The quantitative estimate of drug-likeness (QED) is 0.711. The fraction of sp³-hybridized carbons (Fsp3) is 0.455. The van der Waals surface area contributed by atoms with E-state index < -0.39 is 9.04 Å². The molecule has 0 atom stereocenters. The van der Waals surface area contributed by atoms with Crippen LogP contribution in [0, 0.1) is 0 Å². The number of rotatable bonds is 4. The predicted molar refractivity (Wildman–Crippen MR) is 65.8 cm³/mol. The first-order chi connectivity index (χ1) is 6.59. The molecule has 1 aromatic carbocycles. The molecule has 0 amide bonds. The standard InChI is InChI=1S/C11H18OSi2/c1-13(2)11-7-5-10(6-8-11)9-12-14(3)4/h5-8H,9H2,1-4H3. The third kappa shape index (κ3) is 3.78. The summed E-state index contributed by atoms with van der Waals surface area (Å²) in [6, 6.07) is 8.87. The molecule has 0 spiro atoms. The first-order valence-electron chi connectivity index (χ1n) is 4.92. The van der Waals surface area contributed by atoms with Crippen molar-refractivity contribution in [2.24, 2.45) is 0 Å². The highest BCUT2D eigenvalue weighted by Gasteiger charge is 2.01. The summed E-state index contributed by atoms with van der Waals surface area (Å²) in [6.45, 7) is 9.73. The first kappa shape index (κ1) is 11.7. The maximum absolute atomic E-state index is 5.64. The van der Waals surface area contributed by atoms with E-state index in [1.54, 1.807) is 0 Å². The molecule has 76 valence electrons. The van der Waals surface area contributed by atoms with Gasteiger partial charge in [0.1, 0.15) is 0 Å². The summed E-state index contributed by atoms with van der Waals surface area (Å²) >= 11 is 0. The van der Waals surface area contributed by atoms with Crippen molar-refractivity contribution in [1.29, 1.82) is 0 Å². The fourth-order valence-electron chi connectivity index (χ4n) is 1.16. The molecular formula is C11H18OSi2. The van der Waals surface area contributed by atoms with Crippen molar-refractivity contribution in [3.05, 3.63) is 29.8 Å². The van der Waals surface area contributed by atoms with Crippen LogP contribution in [-0.2, 0) is 11.0 Å². The van der Waals surface area contributed by atoms with Gasteiger partial charge in [0.25, 0.3) is 0 Å². The van der Waals surface area contributed by atoms with Crippen LogP contribution < -0.4 is 5.19 Å². The van der Waals surface area contributed by atoms with E-state index in [4.69, 9.17) is 4.43 Å². The highest BCUT2D eigenvalue weighted by Crippen LogP contribution is 2.01. The van der Waals surface area contributed by atoms with Gasteiger partial charge in [0.05, 0.1) is 15.4 Å². The number of hydrogen-bond donors (Lipinski definition) is 0. The fourth-order valence-corrected chi connectivity index (χ4v) is 2.45. The van der Waals surface area contributed by atoms with Gasteiger partial charge in [0, 0.05) is 0 Å². The van der Waals surface area contributed by atoms with E-state index in [2.05, 4.69) is 50.5 Å². The smallest absolute Gasteiger partial charge is 0.205 e. The molecule has 0 aliphatic heterocycles. The minimum Gasteiger partial charge on any atom is -0.413 e. The molecule has 0 heterocycles. The highest BCUT2D eigenvalue weighted by molar-refractivity contribution is 6.70. The van der Waals surface area contributed by atoms with Gasteiger partial charge in [-0.05, 0) is 18.7 Å². The lowest BCUT2D eigenvalue weighted by Crippen LogP contribution is -2.22.